The first-order chi connectivity index (χ1) is 9.77. The van der Waals surface area contributed by atoms with Gasteiger partial charge in [-0.05, 0) is 12.5 Å². The van der Waals surface area contributed by atoms with E-state index in [9.17, 15) is 18.0 Å². The van der Waals surface area contributed by atoms with E-state index < -0.39 is 24.2 Å². The highest BCUT2D eigenvalue weighted by atomic mass is 19.4. The van der Waals surface area contributed by atoms with Gasteiger partial charge in [-0.15, -0.1) is 0 Å². The van der Waals surface area contributed by atoms with Crippen molar-refractivity contribution < 1.29 is 37.3 Å². The van der Waals surface area contributed by atoms with Crippen LogP contribution >= 0.6 is 0 Å². The highest BCUT2D eigenvalue weighted by molar-refractivity contribution is 5.72. The molecule has 0 aromatic heterocycles. The van der Waals surface area contributed by atoms with Gasteiger partial charge in [-0.3, -0.25) is 4.79 Å². The minimum atomic E-state index is -4.79. The van der Waals surface area contributed by atoms with Crippen LogP contribution in [0.1, 0.15) is 5.56 Å². The SMILES string of the molecule is COc1cc2c(c(OC)c1)O[C@H](C(F)(F)F)[C@H](C(=O)O)C2. The van der Waals surface area contributed by atoms with Gasteiger partial charge in [0.25, 0.3) is 0 Å². The van der Waals surface area contributed by atoms with Crippen LogP contribution in [0.5, 0.6) is 17.2 Å². The number of ether oxygens (including phenoxy) is 3. The Balaban J connectivity index is 2.51. The Morgan fingerprint density at radius 3 is 2.48 bits per heavy atom. The van der Waals surface area contributed by atoms with Crippen molar-refractivity contribution in [3.05, 3.63) is 17.7 Å². The number of methoxy groups -OCH3 is 2. The van der Waals surface area contributed by atoms with Crippen LogP contribution in [-0.2, 0) is 11.2 Å². The summed E-state index contributed by atoms with van der Waals surface area (Å²) in [5, 5.41) is 9.01. The first-order valence-corrected chi connectivity index (χ1v) is 5.99. The van der Waals surface area contributed by atoms with Crippen LogP contribution in [0.25, 0.3) is 0 Å². The maximum atomic E-state index is 13.0. The van der Waals surface area contributed by atoms with Gasteiger partial charge in [0.1, 0.15) is 11.7 Å². The normalized spacial score (nSPS) is 21.2. The molecule has 1 aliphatic rings. The summed E-state index contributed by atoms with van der Waals surface area (Å²) in [6.45, 7) is 0. The van der Waals surface area contributed by atoms with Gasteiger partial charge in [-0.25, -0.2) is 0 Å². The average Bonchev–Trinajstić information content (AvgIpc) is 2.43. The number of carboxylic acid groups (broad SMARTS) is 1. The lowest BCUT2D eigenvalue weighted by molar-refractivity contribution is -0.217. The number of benzene rings is 1. The molecule has 21 heavy (non-hydrogen) atoms. The predicted molar refractivity (Wildman–Crippen MR) is 64.8 cm³/mol. The van der Waals surface area contributed by atoms with Crippen molar-refractivity contribution in [2.75, 3.05) is 14.2 Å². The van der Waals surface area contributed by atoms with E-state index in [2.05, 4.69) is 0 Å². The summed E-state index contributed by atoms with van der Waals surface area (Å²) in [5.41, 5.74) is 0.305. The number of halogens is 3. The molecule has 2 atom stereocenters. The maximum Gasteiger partial charge on any atom is 0.426 e. The lowest BCUT2D eigenvalue weighted by atomic mass is 9.90. The molecule has 1 heterocycles. The Bertz CT molecular complexity index is 555. The van der Waals surface area contributed by atoms with Gasteiger partial charge < -0.3 is 19.3 Å². The molecule has 1 aromatic carbocycles. The molecular weight excluding hydrogens is 293 g/mol. The van der Waals surface area contributed by atoms with Crippen LogP contribution in [0.4, 0.5) is 13.2 Å². The molecule has 1 N–H and O–H groups in total. The van der Waals surface area contributed by atoms with Crippen LogP contribution in [0, 0.1) is 5.92 Å². The average molecular weight is 306 g/mol. The van der Waals surface area contributed by atoms with E-state index in [1.807, 2.05) is 0 Å². The fraction of sp³-hybridized carbons (Fsp3) is 0.462. The van der Waals surface area contributed by atoms with E-state index >= 15 is 0 Å². The van der Waals surface area contributed by atoms with Crippen molar-refractivity contribution >= 4 is 5.97 Å². The van der Waals surface area contributed by atoms with Crippen molar-refractivity contribution in [3.8, 4) is 17.2 Å². The van der Waals surface area contributed by atoms with Crippen molar-refractivity contribution in [2.24, 2.45) is 5.92 Å². The van der Waals surface area contributed by atoms with Crippen LogP contribution in [0.3, 0.4) is 0 Å². The molecule has 8 heteroatoms. The van der Waals surface area contributed by atoms with Crippen LogP contribution in [0.15, 0.2) is 12.1 Å². The molecule has 0 spiro atoms. The second-order valence-electron chi connectivity index (χ2n) is 4.55. The topological polar surface area (TPSA) is 65.0 Å². The van der Waals surface area contributed by atoms with Crippen LogP contribution < -0.4 is 14.2 Å². The quantitative estimate of drug-likeness (QED) is 0.928. The number of alkyl halides is 3. The fourth-order valence-electron chi connectivity index (χ4n) is 2.25. The first kappa shape index (κ1) is 15.3. The minimum absolute atomic E-state index is 0.0717. The van der Waals surface area contributed by atoms with Crippen LogP contribution in [-0.4, -0.2) is 37.6 Å². The number of hydrogen-bond donors (Lipinski definition) is 1. The Labute approximate surface area is 118 Å². The Morgan fingerprint density at radius 1 is 1.33 bits per heavy atom. The lowest BCUT2D eigenvalue weighted by Gasteiger charge is -2.33. The second-order valence-corrected chi connectivity index (χ2v) is 4.55. The summed E-state index contributed by atoms with van der Waals surface area (Å²) in [4.78, 5) is 11.1. The molecule has 1 aliphatic heterocycles. The monoisotopic (exact) mass is 306 g/mol. The van der Waals surface area contributed by atoms with E-state index in [1.165, 1.54) is 26.4 Å². The zero-order valence-corrected chi connectivity index (χ0v) is 11.2. The van der Waals surface area contributed by atoms with Gasteiger partial charge in [-0.1, -0.05) is 0 Å². The number of carboxylic acids is 1. The third kappa shape index (κ3) is 2.84. The van der Waals surface area contributed by atoms with Gasteiger partial charge in [0.2, 0.25) is 6.10 Å². The highest BCUT2D eigenvalue weighted by Crippen LogP contribution is 2.44. The molecule has 0 saturated carbocycles. The smallest absolute Gasteiger partial charge is 0.426 e. The molecule has 0 bridgehead atoms. The minimum Gasteiger partial charge on any atom is -0.497 e. The molecular formula is C13H13F3O5. The Hall–Kier alpha value is -2.12. The summed E-state index contributed by atoms with van der Waals surface area (Å²) in [5.74, 6) is -2.96. The third-order valence-corrected chi connectivity index (χ3v) is 3.25. The molecule has 0 unspecified atom stereocenters. The molecule has 1 aromatic rings. The van der Waals surface area contributed by atoms with Crippen molar-refractivity contribution in [1.29, 1.82) is 0 Å². The number of aliphatic carboxylic acids is 1. The van der Waals surface area contributed by atoms with Crippen molar-refractivity contribution in [1.82, 2.24) is 0 Å². The van der Waals surface area contributed by atoms with E-state index in [0.29, 0.717) is 11.3 Å². The third-order valence-electron chi connectivity index (χ3n) is 3.25. The second kappa shape index (κ2) is 5.34. The molecule has 0 fully saturated rings. The van der Waals surface area contributed by atoms with E-state index in [0.717, 1.165) is 0 Å². The maximum absolute atomic E-state index is 13.0. The van der Waals surface area contributed by atoms with Gasteiger partial charge in [0.05, 0.1) is 14.2 Å². The first-order valence-electron chi connectivity index (χ1n) is 5.99. The molecule has 5 nitrogen and oxygen atoms in total. The predicted octanol–water partition coefficient (Wildman–Crippen LogP) is 2.27. The van der Waals surface area contributed by atoms with Crippen LogP contribution in [0.2, 0.25) is 0 Å². The van der Waals surface area contributed by atoms with Crippen molar-refractivity contribution in [3.63, 3.8) is 0 Å². The van der Waals surface area contributed by atoms with E-state index in [1.54, 1.807) is 0 Å². The Kier molecular flexibility index (Phi) is 3.89. The van der Waals surface area contributed by atoms with E-state index in [4.69, 9.17) is 19.3 Å². The molecule has 2 rings (SSSR count). The van der Waals surface area contributed by atoms with Gasteiger partial charge >= 0.3 is 12.1 Å². The summed E-state index contributed by atoms with van der Waals surface area (Å²) < 4.78 is 53.8. The molecule has 0 saturated heterocycles. The largest absolute Gasteiger partial charge is 0.497 e. The zero-order valence-electron chi connectivity index (χ0n) is 11.2. The summed E-state index contributed by atoms with van der Waals surface area (Å²) in [7, 11) is 2.67. The number of hydrogen-bond acceptors (Lipinski definition) is 4. The lowest BCUT2D eigenvalue weighted by Crippen LogP contribution is -2.47. The molecule has 116 valence electrons. The molecule has 0 amide bonds. The zero-order chi connectivity index (χ0) is 15.8. The number of rotatable bonds is 3. The summed E-state index contributed by atoms with van der Waals surface area (Å²) in [6, 6.07) is 2.83. The number of carbonyl (C=O) groups is 1. The van der Waals surface area contributed by atoms with Gasteiger partial charge in [0.15, 0.2) is 11.5 Å². The van der Waals surface area contributed by atoms with Gasteiger partial charge in [0, 0.05) is 11.6 Å². The fourth-order valence-corrected chi connectivity index (χ4v) is 2.25. The number of fused-ring (bicyclic) bond motifs is 1. The summed E-state index contributed by atoms with van der Waals surface area (Å²) >= 11 is 0. The molecule has 0 radical (unpaired) electrons. The Morgan fingerprint density at radius 2 is 2.00 bits per heavy atom. The highest BCUT2D eigenvalue weighted by Gasteiger charge is 2.52. The molecule has 0 aliphatic carbocycles. The van der Waals surface area contributed by atoms with Crippen molar-refractivity contribution in [2.45, 2.75) is 18.7 Å². The van der Waals surface area contributed by atoms with E-state index in [-0.39, 0.29) is 17.9 Å². The van der Waals surface area contributed by atoms with Gasteiger partial charge in [-0.2, -0.15) is 13.2 Å². The standard InChI is InChI=1S/C13H13F3O5/c1-19-7-3-6-4-8(12(17)18)11(13(14,15)16)21-10(6)9(5-7)20-2/h3,5,8,11H,4H2,1-2H3,(H,17,18)/t8-,11+/m1/s1. The summed E-state index contributed by atoms with van der Waals surface area (Å²) in [6.07, 6.45) is -7.52.